The zero-order chi connectivity index (χ0) is 12.8. The predicted molar refractivity (Wildman–Crippen MR) is 69.4 cm³/mol. The Morgan fingerprint density at radius 1 is 1.35 bits per heavy atom. The molecule has 0 amide bonds. The molecule has 1 N–H and O–H groups in total. The van der Waals surface area contributed by atoms with Gasteiger partial charge in [0.2, 0.25) is 0 Å². The maximum atomic E-state index is 12.0. The summed E-state index contributed by atoms with van der Waals surface area (Å²) in [5.74, 6) is 0.368. The van der Waals surface area contributed by atoms with Crippen LogP contribution >= 0.6 is 0 Å². The van der Waals surface area contributed by atoms with Crippen LogP contribution in [0.4, 0.5) is 0 Å². The lowest BCUT2D eigenvalue weighted by Gasteiger charge is -2.20. The molecule has 2 rings (SSSR count). The van der Waals surface area contributed by atoms with Gasteiger partial charge >= 0.3 is 5.69 Å². The van der Waals surface area contributed by atoms with Crippen molar-refractivity contribution < 1.29 is 0 Å². The lowest BCUT2D eigenvalue weighted by molar-refractivity contribution is 0.395. The first-order valence-corrected chi connectivity index (χ1v) is 5.92. The molecular weight excluding hydrogens is 214 g/mol. The molecule has 2 heterocycles. The van der Waals surface area contributed by atoms with Crippen molar-refractivity contribution in [3.63, 3.8) is 0 Å². The molecule has 0 saturated heterocycles. The topological polar surface area (TPSA) is 50.7 Å². The number of nitrogens with one attached hydrogen (secondary N) is 1. The van der Waals surface area contributed by atoms with Gasteiger partial charge < -0.3 is 4.98 Å². The van der Waals surface area contributed by atoms with E-state index in [0.717, 1.165) is 16.7 Å². The average molecular weight is 233 g/mol. The fourth-order valence-corrected chi connectivity index (χ4v) is 2.13. The van der Waals surface area contributed by atoms with Crippen LogP contribution in [0.15, 0.2) is 17.1 Å². The van der Waals surface area contributed by atoms with Gasteiger partial charge in [0, 0.05) is 11.7 Å². The lowest BCUT2D eigenvalue weighted by Crippen LogP contribution is -2.32. The molecule has 4 heteroatoms. The molecular formula is C13H19N3O. The van der Waals surface area contributed by atoms with E-state index in [1.807, 2.05) is 26.8 Å². The van der Waals surface area contributed by atoms with E-state index in [2.05, 4.69) is 23.8 Å². The predicted octanol–water partition coefficient (Wildman–Crippen LogP) is 2.60. The number of hydrogen-bond acceptors (Lipinski definition) is 2. The number of imidazole rings is 1. The van der Waals surface area contributed by atoms with E-state index >= 15 is 0 Å². The summed E-state index contributed by atoms with van der Waals surface area (Å²) >= 11 is 0. The van der Waals surface area contributed by atoms with Crippen LogP contribution in [0.5, 0.6) is 0 Å². The Morgan fingerprint density at radius 2 is 2.00 bits per heavy atom. The van der Waals surface area contributed by atoms with Crippen molar-refractivity contribution in [2.75, 3.05) is 0 Å². The van der Waals surface area contributed by atoms with Gasteiger partial charge in [0.05, 0.1) is 5.52 Å². The maximum Gasteiger partial charge on any atom is 0.328 e. The molecule has 4 nitrogen and oxygen atoms in total. The van der Waals surface area contributed by atoms with E-state index < -0.39 is 0 Å². The van der Waals surface area contributed by atoms with Crippen LogP contribution in [0.3, 0.4) is 0 Å². The van der Waals surface area contributed by atoms with Gasteiger partial charge in [-0.3, -0.25) is 4.57 Å². The van der Waals surface area contributed by atoms with Crippen molar-refractivity contribution in [2.45, 2.75) is 46.1 Å². The van der Waals surface area contributed by atoms with Gasteiger partial charge in [-0.15, -0.1) is 0 Å². The van der Waals surface area contributed by atoms with Crippen LogP contribution in [0.25, 0.3) is 11.2 Å². The highest BCUT2D eigenvalue weighted by atomic mass is 16.1. The third-order valence-corrected chi connectivity index (χ3v) is 2.90. The smallest absolute Gasteiger partial charge is 0.304 e. The van der Waals surface area contributed by atoms with E-state index in [0.29, 0.717) is 5.92 Å². The number of pyridine rings is 1. The summed E-state index contributed by atoms with van der Waals surface area (Å²) in [5, 5.41) is 0. The Morgan fingerprint density at radius 3 is 2.53 bits per heavy atom. The Labute approximate surface area is 101 Å². The molecule has 92 valence electrons. The van der Waals surface area contributed by atoms with Crippen molar-refractivity contribution >= 4 is 11.2 Å². The van der Waals surface area contributed by atoms with Gasteiger partial charge in [0.1, 0.15) is 0 Å². The summed E-state index contributed by atoms with van der Waals surface area (Å²) in [7, 11) is 0. The first kappa shape index (κ1) is 11.9. The number of nitrogens with zero attached hydrogens (tertiary/aromatic N) is 2. The summed E-state index contributed by atoms with van der Waals surface area (Å²) in [6.07, 6.45) is 1.77. The molecule has 0 bridgehead atoms. The number of rotatable bonds is 1. The minimum atomic E-state index is -0.266. The molecule has 2 aromatic heterocycles. The van der Waals surface area contributed by atoms with Crippen LogP contribution in [-0.2, 0) is 5.54 Å². The van der Waals surface area contributed by atoms with Crippen LogP contribution in [0.2, 0.25) is 0 Å². The minimum Gasteiger partial charge on any atom is -0.304 e. The standard InChI is InChI=1S/C13H19N3O/c1-8(2)9-6-7-14-11-10(9)15-12(17)16(11)13(3,4)5/h6-8H,1-5H3,(H,15,17). The van der Waals surface area contributed by atoms with Crippen LogP contribution in [0.1, 0.15) is 46.1 Å². The van der Waals surface area contributed by atoms with Crippen LogP contribution in [0, 0.1) is 0 Å². The summed E-state index contributed by atoms with van der Waals surface area (Å²) in [6, 6.07) is 1.97. The molecule has 0 saturated carbocycles. The van der Waals surface area contributed by atoms with Gasteiger partial charge in [-0.1, -0.05) is 13.8 Å². The van der Waals surface area contributed by atoms with E-state index in [9.17, 15) is 4.79 Å². The van der Waals surface area contributed by atoms with Crippen molar-refractivity contribution in [3.8, 4) is 0 Å². The third-order valence-electron chi connectivity index (χ3n) is 2.90. The van der Waals surface area contributed by atoms with Crippen LogP contribution < -0.4 is 5.69 Å². The number of fused-ring (bicyclic) bond motifs is 1. The molecule has 0 aliphatic heterocycles. The van der Waals surface area contributed by atoms with E-state index in [-0.39, 0.29) is 11.2 Å². The molecule has 2 aromatic rings. The van der Waals surface area contributed by atoms with E-state index in [4.69, 9.17) is 0 Å². The van der Waals surface area contributed by atoms with E-state index in [1.54, 1.807) is 10.8 Å². The molecule has 0 aromatic carbocycles. The fourth-order valence-electron chi connectivity index (χ4n) is 2.13. The van der Waals surface area contributed by atoms with Gasteiger partial charge in [-0.05, 0) is 38.3 Å². The first-order chi connectivity index (χ1) is 7.82. The zero-order valence-electron chi connectivity index (χ0n) is 11.0. The Kier molecular flexibility index (Phi) is 2.60. The minimum absolute atomic E-state index is 0.0897. The number of hydrogen-bond donors (Lipinski definition) is 1. The lowest BCUT2D eigenvalue weighted by atomic mass is 10.0. The Balaban J connectivity index is 2.86. The molecule has 0 spiro atoms. The Hall–Kier alpha value is -1.58. The monoisotopic (exact) mass is 233 g/mol. The maximum absolute atomic E-state index is 12.0. The second kappa shape index (κ2) is 3.72. The second-order valence-corrected chi connectivity index (χ2v) is 5.69. The molecule has 17 heavy (non-hydrogen) atoms. The average Bonchev–Trinajstić information content (AvgIpc) is 2.51. The highest BCUT2D eigenvalue weighted by Crippen LogP contribution is 2.24. The number of aromatic nitrogens is 3. The molecule has 0 unspecified atom stereocenters. The van der Waals surface area contributed by atoms with Crippen molar-refractivity contribution in [3.05, 3.63) is 28.3 Å². The molecule has 0 atom stereocenters. The molecule has 0 aliphatic carbocycles. The summed E-state index contributed by atoms with van der Waals surface area (Å²) < 4.78 is 1.72. The summed E-state index contributed by atoms with van der Waals surface area (Å²) in [4.78, 5) is 19.3. The Bertz CT molecular complexity index is 599. The largest absolute Gasteiger partial charge is 0.328 e. The quantitative estimate of drug-likeness (QED) is 0.823. The molecule has 0 aliphatic rings. The molecule has 0 radical (unpaired) electrons. The van der Waals surface area contributed by atoms with Gasteiger partial charge in [0.15, 0.2) is 5.65 Å². The van der Waals surface area contributed by atoms with Gasteiger partial charge in [-0.25, -0.2) is 9.78 Å². The molecule has 0 fully saturated rings. The summed E-state index contributed by atoms with van der Waals surface area (Å²) in [5.41, 5.74) is 2.39. The van der Waals surface area contributed by atoms with Gasteiger partial charge in [-0.2, -0.15) is 0 Å². The van der Waals surface area contributed by atoms with Crippen molar-refractivity contribution in [2.24, 2.45) is 0 Å². The first-order valence-electron chi connectivity index (χ1n) is 5.92. The third kappa shape index (κ3) is 1.88. The number of H-pyrrole nitrogens is 1. The van der Waals surface area contributed by atoms with Crippen molar-refractivity contribution in [1.82, 2.24) is 14.5 Å². The highest BCUT2D eigenvalue weighted by Gasteiger charge is 2.21. The van der Waals surface area contributed by atoms with Crippen LogP contribution in [-0.4, -0.2) is 14.5 Å². The SMILES string of the molecule is CC(C)c1ccnc2c1[nH]c(=O)n2C(C)(C)C. The highest BCUT2D eigenvalue weighted by molar-refractivity contribution is 5.75. The van der Waals surface area contributed by atoms with E-state index in [1.165, 1.54) is 0 Å². The fraction of sp³-hybridized carbons (Fsp3) is 0.538. The second-order valence-electron chi connectivity index (χ2n) is 5.69. The zero-order valence-corrected chi connectivity index (χ0v) is 11.0. The normalized spacial score (nSPS) is 12.6. The van der Waals surface area contributed by atoms with Gasteiger partial charge in [0.25, 0.3) is 0 Å². The summed E-state index contributed by atoms with van der Waals surface area (Å²) in [6.45, 7) is 10.2. The number of aromatic amines is 1. The van der Waals surface area contributed by atoms with Crippen molar-refractivity contribution in [1.29, 1.82) is 0 Å².